The van der Waals surface area contributed by atoms with Crippen LogP contribution in [0, 0.1) is 0 Å². The molecule has 82 valence electrons. The molecule has 0 aliphatic heterocycles. The highest BCUT2D eigenvalue weighted by Gasteiger charge is 2.17. The molecule has 0 aliphatic rings. The molecule has 6 heteroatoms. The molecular weight excluding hydrogens is 238 g/mol. The molecule has 0 aliphatic carbocycles. The third kappa shape index (κ3) is 2.56. The fourth-order valence-electron chi connectivity index (χ4n) is 0.990. The summed E-state index contributed by atoms with van der Waals surface area (Å²) in [6, 6.07) is 5.61. The predicted octanol–water partition coefficient (Wildman–Crippen LogP) is 1.32. The van der Waals surface area contributed by atoms with E-state index in [9.17, 15) is 13.2 Å². The Balaban J connectivity index is 3.29. The molecule has 1 rings (SSSR count). The number of carbonyl (C=O) groups excluding carboxylic acids is 1. The first-order chi connectivity index (χ1) is 6.85. The maximum Gasteiger partial charge on any atom is 0.252 e. The Morgan fingerprint density at radius 1 is 1.33 bits per heavy atom. The molecule has 0 bridgehead atoms. The molecule has 0 aromatic heterocycles. The second kappa shape index (κ2) is 4.30. The number of carbonyl (C=O) groups is 1. The van der Waals surface area contributed by atoms with E-state index in [1.807, 2.05) is 0 Å². The zero-order valence-electron chi connectivity index (χ0n) is 8.27. The Hall–Kier alpha value is -0.910. The normalized spacial score (nSPS) is 11.7. The van der Waals surface area contributed by atoms with Gasteiger partial charge in [0.2, 0.25) is 10.0 Å². The van der Waals surface area contributed by atoms with Gasteiger partial charge in [0.1, 0.15) is 0 Å². The van der Waals surface area contributed by atoms with Crippen molar-refractivity contribution < 1.29 is 13.2 Å². The van der Waals surface area contributed by atoms with Gasteiger partial charge in [0.15, 0.2) is 0 Å². The quantitative estimate of drug-likeness (QED) is 0.757. The van der Waals surface area contributed by atoms with E-state index in [0.29, 0.717) is 0 Å². The maximum absolute atomic E-state index is 11.7. The van der Waals surface area contributed by atoms with Crippen molar-refractivity contribution >= 4 is 26.9 Å². The highest BCUT2D eigenvalue weighted by molar-refractivity contribution is 7.89. The minimum Gasteiger partial charge on any atom is -0.276 e. The predicted molar refractivity (Wildman–Crippen MR) is 57.5 cm³/mol. The summed E-state index contributed by atoms with van der Waals surface area (Å²) in [6.07, 6.45) is 0. The number of nitrogens with zero attached hydrogens (tertiary/aromatic N) is 1. The van der Waals surface area contributed by atoms with Gasteiger partial charge in [-0.15, -0.1) is 0 Å². The van der Waals surface area contributed by atoms with Gasteiger partial charge in [0, 0.05) is 19.7 Å². The lowest BCUT2D eigenvalue weighted by Crippen LogP contribution is -2.22. The van der Waals surface area contributed by atoms with Gasteiger partial charge in [0.05, 0.1) is 4.90 Å². The molecule has 0 spiro atoms. The molecule has 0 saturated heterocycles. The van der Waals surface area contributed by atoms with Crippen molar-refractivity contribution in [2.75, 3.05) is 14.1 Å². The standard InChI is InChI=1S/C9H10ClNO3S/c1-11(2)15(13,14)8-5-3-4-7(6-8)9(10)12/h3-6H,1-2H3. The van der Waals surface area contributed by atoms with Crippen LogP contribution < -0.4 is 0 Å². The summed E-state index contributed by atoms with van der Waals surface area (Å²) in [5.41, 5.74) is 0.166. The third-order valence-corrected chi connectivity index (χ3v) is 3.87. The number of halogens is 1. The first kappa shape index (κ1) is 12.2. The fraction of sp³-hybridized carbons (Fsp3) is 0.222. The van der Waals surface area contributed by atoms with Crippen molar-refractivity contribution in [1.82, 2.24) is 4.31 Å². The Kier molecular flexibility index (Phi) is 3.49. The van der Waals surface area contributed by atoms with Crippen LogP contribution in [0.5, 0.6) is 0 Å². The van der Waals surface area contributed by atoms with Crippen LogP contribution in [0.1, 0.15) is 10.4 Å². The molecule has 0 heterocycles. The smallest absolute Gasteiger partial charge is 0.252 e. The maximum atomic E-state index is 11.7. The number of hydrogen-bond donors (Lipinski definition) is 0. The molecule has 15 heavy (non-hydrogen) atoms. The minimum atomic E-state index is -3.51. The summed E-state index contributed by atoms with van der Waals surface area (Å²) in [5, 5.41) is -0.675. The average molecular weight is 248 g/mol. The van der Waals surface area contributed by atoms with E-state index in [4.69, 9.17) is 11.6 Å². The Labute approximate surface area is 93.5 Å². The van der Waals surface area contributed by atoms with Gasteiger partial charge in [-0.05, 0) is 23.7 Å². The van der Waals surface area contributed by atoms with Crippen molar-refractivity contribution in [1.29, 1.82) is 0 Å². The van der Waals surface area contributed by atoms with E-state index in [-0.39, 0.29) is 10.5 Å². The average Bonchev–Trinajstić information content (AvgIpc) is 2.17. The van der Waals surface area contributed by atoms with Crippen molar-refractivity contribution in [2.24, 2.45) is 0 Å². The summed E-state index contributed by atoms with van der Waals surface area (Å²) in [6.45, 7) is 0. The van der Waals surface area contributed by atoms with Gasteiger partial charge >= 0.3 is 0 Å². The molecule has 0 N–H and O–H groups in total. The molecule has 4 nitrogen and oxygen atoms in total. The van der Waals surface area contributed by atoms with Crippen LogP contribution in [0.3, 0.4) is 0 Å². The molecule has 0 radical (unpaired) electrons. The van der Waals surface area contributed by atoms with Crippen LogP contribution in [0.15, 0.2) is 29.2 Å². The lowest BCUT2D eigenvalue weighted by Gasteiger charge is -2.11. The molecule has 0 atom stereocenters. The van der Waals surface area contributed by atoms with Gasteiger partial charge in [-0.2, -0.15) is 0 Å². The summed E-state index contributed by atoms with van der Waals surface area (Å²) in [4.78, 5) is 10.9. The van der Waals surface area contributed by atoms with E-state index in [1.54, 1.807) is 0 Å². The number of sulfonamides is 1. The molecule has 0 fully saturated rings. The van der Waals surface area contributed by atoms with E-state index < -0.39 is 15.3 Å². The molecule has 0 saturated carbocycles. The number of hydrogen-bond acceptors (Lipinski definition) is 3. The third-order valence-electron chi connectivity index (χ3n) is 1.84. The first-order valence-corrected chi connectivity index (χ1v) is 5.90. The Morgan fingerprint density at radius 2 is 1.93 bits per heavy atom. The van der Waals surface area contributed by atoms with Crippen LogP contribution in [0.4, 0.5) is 0 Å². The number of rotatable bonds is 3. The topological polar surface area (TPSA) is 54.5 Å². The first-order valence-electron chi connectivity index (χ1n) is 4.08. The zero-order valence-corrected chi connectivity index (χ0v) is 9.84. The van der Waals surface area contributed by atoms with Crippen molar-refractivity contribution in [3.8, 4) is 0 Å². The molecule has 1 aromatic rings. The van der Waals surface area contributed by atoms with Gasteiger partial charge in [0.25, 0.3) is 5.24 Å². The summed E-state index contributed by atoms with van der Waals surface area (Å²) >= 11 is 5.26. The van der Waals surface area contributed by atoms with Crippen LogP contribution in [-0.2, 0) is 10.0 Å². The summed E-state index contributed by atoms with van der Waals surface area (Å²) < 4.78 is 24.4. The fourth-order valence-corrected chi connectivity index (χ4v) is 2.06. The molecule has 0 unspecified atom stereocenters. The van der Waals surface area contributed by atoms with Gasteiger partial charge in [-0.1, -0.05) is 12.1 Å². The van der Waals surface area contributed by atoms with Gasteiger partial charge in [-0.3, -0.25) is 4.79 Å². The Morgan fingerprint density at radius 3 is 2.40 bits per heavy atom. The van der Waals surface area contributed by atoms with Crippen molar-refractivity contribution in [3.05, 3.63) is 29.8 Å². The summed E-state index contributed by atoms with van der Waals surface area (Å²) in [5.74, 6) is 0. The van der Waals surface area contributed by atoms with Crippen LogP contribution >= 0.6 is 11.6 Å². The lowest BCUT2D eigenvalue weighted by atomic mass is 10.2. The van der Waals surface area contributed by atoms with Crippen molar-refractivity contribution in [3.63, 3.8) is 0 Å². The molecular formula is C9H10ClNO3S. The lowest BCUT2D eigenvalue weighted by molar-refractivity contribution is 0.108. The van der Waals surface area contributed by atoms with Crippen LogP contribution in [0.2, 0.25) is 0 Å². The largest absolute Gasteiger partial charge is 0.276 e. The highest BCUT2D eigenvalue weighted by atomic mass is 35.5. The number of benzene rings is 1. The zero-order chi connectivity index (χ0) is 11.6. The molecule has 1 aromatic carbocycles. The van der Waals surface area contributed by atoms with Crippen LogP contribution in [0.25, 0.3) is 0 Å². The van der Waals surface area contributed by atoms with E-state index in [1.165, 1.54) is 38.4 Å². The second-order valence-electron chi connectivity index (χ2n) is 3.09. The van der Waals surface area contributed by atoms with Crippen molar-refractivity contribution in [2.45, 2.75) is 4.90 Å². The highest BCUT2D eigenvalue weighted by Crippen LogP contribution is 2.15. The van der Waals surface area contributed by atoms with E-state index >= 15 is 0 Å². The second-order valence-corrected chi connectivity index (χ2v) is 5.58. The summed E-state index contributed by atoms with van der Waals surface area (Å²) in [7, 11) is -0.668. The van der Waals surface area contributed by atoms with Gasteiger partial charge in [-0.25, -0.2) is 12.7 Å². The minimum absolute atomic E-state index is 0.0546. The van der Waals surface area contributed by atoms with Gasteiger partial charge < -0.3 is 0 Å². The SMILES string of the molecule is CN(C)S(=O)(=O)c1cccc(C(=O)Cl)c1. The van der Waals surface area contributed by atoms with Crippen LogP contribution in [-0.4, -0.2) is 32.1 Å². The van der Waals surface area contributed by atoms with E-state index in [0.717, 1.165) is 4.31 Å². The Bertz CT molecular complexity index is 482. The molecule has 0 amide bonds. The monoisotopic (exact) mass is 247 g/mol. The van der Waals surface area contributed by atoms with E-state index in [2.05, 4.69) is 0 Å².